The summed E-state index contributed by atoms with van der Waals surface area (Å²) in [6.45, 7) is 6.72. The molecule has 2 atom stereocenters. The van der Waals surface area contributed by atoms with Crippen molar-refractivity contribution in [2.75, 3.05) is 7.11 Å². The number of carbonyl (C=O) groups excluding carboxylic acids is 3. The molecule has 0 saturated heterocycles. The Morgan fingerprint density at radius 3 is 2.25 bits per heavy atom. The number of amides is 1. The maximum atomic E-state index is 12.8. The van der Waals surface area contributed by atoms with Crippen molar-refractivity contribution in [1.29, 1.82) is 0 Å². The van der Waals surface area contributed by atoms with E-state index in [4.69, 9.17) is 18.9 Å². The van der Waals surface area contributed by atoms with E-state index in [0.29, 0.717) is 5.75 Å². The van der Waals surface area contributed by atoms with Crippen molar-refractivity contribution in [2.45, 2.75) is 84.2 Å². The minimum atomic E-state index is -1.20. The lowest BCUT2D eigenvalue weighted by molar-refractivity contribution is -0.162. The van der Waals surface area contributed by atoms with Crippen molar-refractivity contribution in [3.63, 3.8) is 0 Å². The summed E-state index contributed by atoms with van der Waals surface area (Å²) in [6, 6.07) is 5.86. The first-order valence-corrected chi connectivity index (χ1v) is 11.1. The van der Waals surface area contributed by atoms with Crippen molar-refractivity contribution in [1.82, 2.24) is 5.32 Å². The second kappa shape index (κ2) is 11.7. The van der Waals surface area contributed by atoms with Gasteiger partial charge in [0.25, 0.3) is 0 Å². The van der Waals surface area contributed by atoms with Gasteiger partial charge in [-0.1, -0.05) is 31.4 Å². The highest BCUT2D eigenvalue weighted by atomic mass is 16.6. The van der Waals surface area contributed by atoms with Gasteiger partial charge in [0.05, 0.1) is 13.0 Å². The molecule has 1 fully saturated rings. The van der Waals surface area contributed by atoms with Crippen LogP contribution in [-0.4, -0.2) is 42.9 Å². The molecular weight excluding hydrogens is 414 g/mol. The first kappa shape index (κ1) is 25.5. The highest BCUT2D eigenvalue weighted by Gasteiger charge is 2.34. The van der Waals surface area contributed by atoms with Gasteiger partial charge in [-0.3, -0.25) is 4.79 Å². The van der Waals surface area contributed by atoms with Crippen LogP contribution in [0, 0.1) is 5.92 Å². The van der Waals surface area contributed by atoms with Gasteiger partial charge in [-0.05, 0) is 58.2 Å². The number of esters is 2. The van der Waals surface area contributed by atoms with Crippen molar-refractivity contribution in [3.8, 4) is 5.75 Å². The zero-order valence-electron chi connectivity index (χ0n) is 19.6. The average Bonchev–Trinajstić information content (AvgIpc) is 2.75. The molecule has 0 aromatic heterocycles. The van der Waals surface area contributed by atoms with E-state index in [-0.39, 0.29) is 18.5 Å². The Balaban J connectivity index is 2.04. The Morgan fingerprint density at radius 1 is 1.06 bits per heavy atom. The van der Waals surface area contributed by atoms with Crippen LogP contribution in [0.4, 0.5) is 4.79 Å². The number of hydrogen-bond donors (Lipinski definition) is 1. The van der Waals surface area contributed by atoms with E-state index in [9.17, 15) is 14.4 Å². The molecule has 1 amide bonds. The third kappa shape index (κ3) is 8.40. The Hall–Kier alpha value is -2.77. The number of benzene rings is 1. The molecule has 0 heterocycles. The lowest BCUT2D eigenvalue weighted by Gasteiger charge is -2.28. The van der Waals surface area contributed by atoms with E-state index >= 15 is 0 Å². The second-order valence-corrected chi connectivity index (χ2v) is 9.06. The molecule has 2 rings (SSSR count). The summed E-state index contributed by atoms with van der Waals surface area (Å²) in [5.74, 6) is -0.553. The number of carbonyl (C=O) groups is 3. The summed E-state index contributed by atoms with van der Waals surface area (Å²) >= 11 is 0. The summed E-state index contributed by atoms with van der Waals surface area (Å²) < 4.78 is 21.3. The molecule has 0 bridgehead atoms. The molecule has 1 N–H and O–H groups in total. The van der Waals surface area contributed by atoms with E-state index < -0.39 is 29.8 Å². The monoisotopic (exact) mass is 449 g/mol. The van der Waals surface area contributed by atoms with Crippen molar-refractivity contribution < 1.29 is 33.3 Å². The Morgan fingerprint density at radius 2 is 1.69 bits per heavy atom. The molecular formula is C24H35NO7. The number of nitrogens with one attached hydrogen (secondary N) is 1. The summed E-state index contributed by atoms with van der Waals surface area (Å²) in [4.78, 5) is 37.7. The molecule has 1 aliphatic carbocycles. The molecule has 32 heavy (non-hydrogen) atoms. The van der Waals surface area contributed by atoms with E-state index in [1.54, 1.807) is 59.1 Å². The van der Waals surface area contributed by atoms with Crippen LogP contribution in [-0.2, 0) is 30.4 Å². The van der Waals surface area contributed by atoms with Gasteiger partial charge < -0.3 is 24.3 Å². The van der Waals surface area contributed by atoms with Crippen LogP contribution in [0.5, 0.6) is 5.75 Å². The van der Waals surface area contributed by atoms with Gasteiger partial charge in [0, 0.05) is 0 Å². The topological polar surface area (TPSA) is 100 Å². The molecule has 0 radical (unpaired) electrons. The fraction of sp³-hybridized carbons (Fsp3) is 0.625. The standard InChI is InChI=1S/C24H35NO7/c1-16(31-21(26)18-9-7-6-8-10-18)20(25-23(28)32-24(2,3)4)22(27)30-15-17-11-13-19(29-5)14-12-17/h11-14,16,18,20H,6-10,15H2,1-5H3,(H,25,28)/t16-,20+/m1/s1. The molecule has 1 saturated carbocycles. The van der Waals surface area contributed by atoms with Crippen molar-refractivity contribution >= 4 is 18.0 Å². The smallest absolute Gasteiger partial charge is 0.408 e. The van der Waals surface area contributed by atoms with Crippen LogP contribution in [0.25, 0.3) is 0 Å². The number of alkyl carbamates (subject to hydrolysis) is 1. The van der Waals surface area contributed by atoms with Gasteiger partial charge in [0.15, 0.2) is 6.04 Å². The fourth-order valence-corrected chi connectivity index (χ4v) is 3.45. The first-order chi connectivity index (χ1) is 15.1. The Kier molecular flexibility index (Phi) is 9.35. The lowest BCUT2D eigenvalue weighted by atomic mass is 9.89. The molecule has 0 unspecified atom stereocenters. The molecule has 1 aliphatic rings. The van der Waals surface area contributed by atoms with Gasteiger partial charge >= 0.3 is 18.0 Å². The molecule has 1 aromatic carbocycles. The maximum absolute atomic E-state index is 12.8. The zero-order valence-corrected chi connectivity index (χ0v) is 19.6. The number of rotatable bonds is 8. The van der Waals surface area contributed by atoms with Crippen LogP contribution in [0.15, 0.2) is 24.3 Å². The van der Waals surface area contributed by atoms with Crippen LogP contribution in [0.3, 0.4) is 0 Å². The third-order valence-corrected chi connectivity index (χ3v) is 5.18. The highest BCUT2D eigenvalue weighted by Crippen LogP contribution is 2.25. The van der Waals surface area contributed by atoms with Crippen molar-refractivity contribution in [2.24, 2.45) is 5.92 Å². The largest absolute Gasteiger partial charge is 0.497 e. The second-order valence-electron chi connectivity index (χ2n) is 9.06. The molecule has 8 heteroatoms. The minimum absolute atomic E-state index is 0.00137. The number of ether oxygens (including phenoxy) is 4. The summed E-state index contributed by atoms with van der Waals surface area (Å²) in [5.41, 5.74) is 0.00549. The highest BCUT2D eigenvalue weighted by molar-refractivity contribution is 5.83. The normalized spacial score (nSPS) is 16.4. The first-order valence-electron chi connectivity index (χ1n) is 11.1. The van der Waals surface area contributed by atoms with Crippen molar-refractivity contribution in [3.05, 3.63) is 29.8 Å². The van der Waals surface area contributed by atoms with E-state index in [0.717, 1.165) is 37.7 Å². The summed E-state index contributed by atoms with van der Waals surface area (Å²) in [7, 11) is 1.57. The molecule has 178 valence electrons. The molecule has 8 nitrogen and oxygen atoms in total. The third-order valence-electron chi connectivity index (χ3n) is 5.18. The quantitative estimate of drug-likeness (QED) is 0.470. The predicted molar refractivity (Wildman–Crippen MR) is 118 cm³/mol. The zero-order chi connectivity index (χ0) is 23.7. The van der Waals surface area contributed by atoms with E-state index in [1.165, 1.54) is 0 Å². The van der Waals surface area contributed by atoms with E-state index in [2.05, 4.69) is 5.32 Å². The number of methoxy groups -OCH3 is 1. The average molecular weight is 450 g/mol. The summed E-state index contributed by atoms with van der Waals surface area (Å²) in [6.07, 6.45) is 2.93. The van der Waals surface area contributed by atoms with Gasteiger partial charge in [-0.2, -0.15) is 0 Å². The number of hydrogen-bond acceptors (Lipinski definition) is 7. The van der Waals surface area contributed by atoms with Gasteiger partial charge in [-0.25, -0.2) is 9.59 Å². The van der Waals surface area contributed by atoms with Gasteiger partial charge in [-0.15, -0.1) is 0 Å². The fourth-order valence-electron chi connectivity index (χ4n) is 3.45. The molecule has 0 aliphatic heterocycles. The van der Waals surface area contributed by atoms with Crippen LogP contribution < -0.4 is 10.1 Å². The predicted octanol–water partition coefficient (Wildman–Crippen LogP) is 4.14. The summed E-state index contributed by atoms with van der Waals surface area (Å²) in [5, 5.41) is 2.50. The Bertz CT molecular complexity index is 764. The van der Waals surface area contributed by atoms with Gasteiger partial charge in [0.1, 0.15) is 24.1 Å². The van der Waals surface area contributed by atoms with E-state index in [1.807, 2.05) is 0 Å². The molecule has 1 aromatic rings. The van der Waals surface area contributed by atoms with Gasteiger partial charge in [0.2, 0.25) is 0 Å². The SMILES string of the molecule is COc1ccc(COC(=O)[C@@H](NC(=O)OC(C)(C)C)[C@@H](C)OC(=O)C2CCCCC2)cc1. The van der Waals surface area contributed by atoms with Crippen LogP contribution in [0.1, 0.15) is 65.4 Å². The Labute approximate surface area is 189 Å². The molecule has 0 spiro atoms. The lowest BCUT2D eigenvalue weighted by Crippen LogP contribution is -2.51. The van der Waals surface area contributed by atoms with Crippen LogP contribution in [0.2, 0.25) is 0 Å². The van der Waals surface area contributed by atoms with Crippen LogP contribution >= 0.6 is 0 Å². The minimum Gasteiger partial charge on any atom is -0.497 e. The maximum Gasteiger partial charge on any atom is 0.408 e.